The zero-order valence-electron chi connectivity index (χ0n) is 12.6. The molecule has 2 heterocycles. The first-order valence-corrected chi connectivity index (χ1v) is 9.94. The predicted molar refractivity (Wildman–Crippen MR) is 89.6 cm³/mol. The fourth-order valence-corrected chi connectivity index (χ4v) is 5.48. The van der Waals surface area contributed by atoms with Crippen LogP contribution in [0.3, 0.4) is 0 Å². The van der Waals surface area contributed by atoms with Crippen molar-refractivity contribution in [1.82, 2.24) is 0 Å². The van der Waals surface area contributed by atoms with E-state index in [-0.39, 0.29) is 22.6 Å². The molecular weight excluding hydrogens is 344 g/mol. The van der Waals surface area contributed by atoms with Gasteiger partial charge in [0.2, 0.25) is 10.0 Å². The van der Waals surface area contributed by atoms with E-state index < -0.39 is 10.0 Å². The van der Waals surface area contributed by atoms with E-state index in [4.69, 9.17) is 20.3 Å². The van der Waals surface area contributed by atoms with Gasteiger partial charge in [-0.1, -0.05) is 6.92 Å². The first-order chi connectivity index (χ1) is 10.3. The summed E-state index contributed by atoms with van der Waals surface area (Å²) in [5.74, 6) is 0. The quantitative estimate of drug-likeness (QED) is 0.734. The number of hydrogen-bond acceptors (Lipinski definition) is 7. The number of fused-ring (bicyclic) bond motifs is 1. The van der Waals surface area contributed by atoms with Gasteiger partial charge in [-0.2, -0.15) is 0 Å². The molecule has 0 spiro atoms. The van der Waals surface area contributed by atoms with Crippen molar-refractivity contribution in [2.24, 2.45) is 10.9 Å². The fourth-order valence-electron chi connectivity index (χ4n) is 2.06. The Morgan fingerprint density at radius 3 is 2.50 bits per heavy atom. The molecule has 0 bridgehead atoms. The summed E-state index contributed by atoms with van der Waals surface area (Å²) in [5.41, 5.74) is 6.29. The van der Waals surface area contributed by atoms with Crippen LogP contribution in [0.25, 0.3) is 9.40 Å². The molecule has 0 aliphatic heterocycles. The lowest BCUT2D eigenvalue weighted by molar-refractivity contribution is -0.150. The van der Waals surface area contributed by atoms with Gasteiger partial charge in [-0.15, -0.1) is 22.7 Å². The molecule has 0 fully saturated rings. The maximum atomic E-state index is 11.4. The van der Waals surface area contributed by atoms with Crippen molar-refractivity contribution < 1.29 is 17.9 Å². The van der Waals surface area contributed by atoms with Gasteiger partial charge in [-0.3, -0.25) is 0 Å². The van der Waals surface area contributed by atoms with Crippen LogP contribution in [0.2, 0.25) is 0 Å². The van der Waals surface area contributed by atoms with E-state index >= 15 is 0 Å². The van der Waals surface area contributed by atoms with Gasteiger partial charge in [0.05, 0.1) is 16.2 Å². The fraction of sp³-hybridized carbons (Fsp3) is 0.538. The lowest BCUT2D eigenvalue weighted by Crippen LogP contribution is -2.31. The normalized spacial score (nSPS) is 16.8. The lowest BCUT2D eigenvalue weighted by Gasteiger charge is -2.25. The summed E-state index contributed by atoms with van der Waals surface area (Å²) in [6.45, 7) is 3.82. The highest BCUT2D eigenvalue weighted by Crippen LogP contribution is 2.38. The van der Waals surface area contributed by atoms with E-state index in [9.17, 15) is 8.42 Å². The summed E-state index contributed by atoms with van der Waals surface area (Å²) >= 11 is 2.64. The van der Waals surface area contributed by atoms with Crippen molar-refractivity contribution in [3.05, 3.63) is 17.0 Å². The van der Waals surface area contributed by atoms with Crippen molar-refractivity contribution in [3.63, 3.8) is 0 Å². The second-order valence-electron chi connectivity index (χ2n) is 4.91. The summed E-state index contributed by atoms with van der Waals surface area (Å²) in [7, 11) is -2.07. The number of sulfonamides is 1. The largest absolute Gasteiger partial charge is 0.356 e. The molecule has 2 rings (SSSR count). The van der Waals surface area contributed by atoms with Gasteiger partial charge in [0.25, 0.3) is 0 Å². The van der Waals surface area contributed by atoms with Crippen LogP contribution in [0.5, 0.6) is 0 Å². The van der Waals surface area contributed by atoms with Crippen molar-refractivity contribution >= 4 is 42.1 Å². The van der Waals surface area contributed by atoms with Gasteiger partial charge in [-0.25, -0.2) is 13.6 Å². The molecule has 0 radical (unpaired) electrons. The number of thiophene rings is 2. The minimum absolute atomic E-state index is 0.166. The third-order valence-electron chi connectivity index (χ3n) is 3.32. The molecule has 0 amide bonds. The third-order valence-corrected chi connectivity index (χ3v) is 7.23. The topological polar surface area (TPSA) is 105 Å². The Labute approximate surface area is 138 Å². The molecular formula is C13H20N2O4S3. The highest BCUT2D eigenvalue weighted by Gasteiger charge is 2.24. The van der Waals surface area contributed by atoms with Crippen LogP contribution in [-0.2, 0) is 19.5 Å². The van der Waals surface area contributed by atoms with E-state index in [1.165, 1.54) is 11.3 Å². The first-order valence-electron chi connectivity index (χ1n) is 6.76. The summed E-state index contributed by atoms with van der Waals surface area (Å²) in [6, 6.07) is 3.20. The molecule has 3 atom stereocenters. The Hall–Kier alpha value is -0.550. The van der Waals surface area contributed by atoms with Crippen molar-refractivity contribution in [2.75, 3.05) is 7.11 Å². The summed E-state index contributed by atoms with van der Waals surface area (Å²) in [4.78, 5) is 0.956. The second kappa shape index (κ2) is 6.91. The Kier molecular flexibility index (Phi) is 5.59. The summed E-state index contributed by atoms with van der Waals surface area (Å²) in [5, 5.41) is 5.99. The number of methoxy groups -OCH3 is 1. The molecule has 0 aliphatic rings. The van der Waals surface area contributed by atoms with Gasteiger partial charge < -0.3 is 15.2 Å². The van der Waals surface area contributed by atoms with Gasteiger partial charge in [0.15, 0.2) is 6.29 Å². The Morgan fingerprint density at radius 2 is 2.00 bits per heavy atom. The van der Waals surface area contributed by atoms with Gasteiger partial charge >= 0.3 is 0 Å². The van der Waals surface area contributed by atoms with Crippen LogP contribution in [0.4, 0.5) is 0 Å². The Morgan fingerprint density at radius 1 is 1.32 bits per heavy atom. The molecule has 124 valence electrons. The minimum Gasteiger partial charge on any atom is -0.356 e. The first kappa shape index (κ1) is 17.8. The average Bonchev–Trinajstić information content (AvgIpc) is 3.01. The molecule has 0 saturated carbocycles. The average molecular weight is 365 g/mol. The van der Waals surface area contributed by atoms with E-state index in [2.05, 4.69) is 0 Å². The van der Waals surface area contributed by atoms with Gasteiger partial charge in [-0.05, 0) is 25.5 Å². The molecule has 2 aromatic heterocycles. The lowest BCUT2D eigenvalue weighted by atomic mass is 10.1. The van der Waals surface area contributed by atoms with Gasteiger partial charge in [0, 0.05) is 17.4 Å². The molecule has 6 nitrogen and oxygen atoms in total. The molecule has 0 aliphatic carbocycles. The van der Waals surface area contributed by atoms with E-state index in [1.807, 2.05) is 19.9 Å². The smallest absolute Gasteiger partial charge is 0.247 e. The highest BCUT2D eigenvalue weighted by atomic mass is 32.2. The second-order valence-corrected chi connectivity index (χ2v) is 9.10. The Bertz CT molecular complexity index is 706. The monoisotopic (exact) mass is 364 g/mol. The number of primary sulfonamides is 1. The van der Waals surface area contributed by atoms with Crippen LogP contribution < -0.4 is 10.9 Å². The summed E-state index contributed by atoms with van der Waals surface area (Å²) < 4.78 is 34.7. The zero-order valence-corrected chi connectivity index (χ0v) is 15.1. The maximum absolute atomic E-state index is 11.4. The molecule has 2 aromatic rings. The van der Waals surface area contributed by atoms with Crippen LogP contribution >= 0.6 is 22.7 Å². The van der Waals surface area contributed by atoms with Crippen LogP contribution in [0, 0.1) is 0 Å². The molecule has 4 N–H and O–H groups in total. The Balaban J connectivity index is 2.24. The third kappa shape index (κ3) is 3.85. The summed E-state index contributed by atoms with van der Waals surface area (Å²) in [6.07, 6.45) is 0.259. The SMILES string of the molecule is CCC(OC(C)OC)C(N)c1cc2cc(S(N)(=O)=O)sc2s1. The van der Waals surface area contributed by atoms with Crippen molar-refractivity contribution in [2.45, 2.75) is 42.9 Å². The number of ether oxygens (including phenoxy) is 2. The molecule has 0 saturated heterocycles. The minimum atomic E-state index is -3.66. The maximum Gasteiger partial charge on any atom is 0.247 e. The van der Waals surface area contributed by atoms with Gasteiger partial charge in [0.1, 0.15) is 4.21 Å². The standard InChI is InChI=1S/C13H20N2O4S3/c1-4-9(19-7(2)18-3)12(14)10-5-8-6-11(22(15,16)17)21-13(8)20-10/h5-7,9,12H,4,14H2,1-3H3,(H2,15,16,17). The highest BCUT2D eigenvalue weighted by molar-refractivity contribution is 7.91. The van der Waals surface area contributed by atoms with Crippen molar-refractivity contribution in [1.29, 1.82) is 0 Å². The predicted octanol–water partition coefficient (Wildman–Crippen LogP) is 2.40. The number of nitrogens with two attached hydrogens (primary N) is 2. The van der Waals surface area contributed by atoms with E-state index in [0.29, 0.717) is 0 Å². The van der Waals surface area contributed by atoms with Crippen LogP contribution in [0.15, 0.2) is 16.3 Å². The molecule has 0 aromatic carbocycles. The zero-order chi connectivity index (χ0) is 16.5. The molecule has 22 heavy (non-hydrogen) atoms. The number of hydrogen-bond donors (Lipinski definition) is 2. The van der Waals surface area contributed by atoms with E-state index in [1.54, 1.807) is 13.2 Å². The van der Waals surface area contributed by atoms with E-state index in [0.717, 1.165) is 32.0 Å². The molecule has 9 heteroatoms. The molecule has 3 unspecified atom stereocenters. The number of rotatable bonds is 7. The van der Waals surface area contributed by atoms with Crippen LogP contribution in [-0.4, -0.2) is 27.9 Å². The van der Waals surface area contributed by atoms with Crippen molar-refractivity contribution in [3.8, 4) is 0 Å². The van der Waals surface area contributed by atoms with Crippen LogP contribution in [0.1, 0.15) is 31.2 Å².